The van der Waals surface area contributed by atoms with E-state index in [1.807, 2.05) is 30.3 Å². The highest BCUT2D eigenvalue weighted by Gasteiger charge is 1.85. The van der Waals surface area contributed by atoms with Crippen molar-refractivity contribution in [3.05, 3.63) is 35.9 Å². The second kappa shape index (κ2) is 7.77. The van der Waals surface area contributed by atoms with Crippen molar-refractivity contribution in [1.29, 1.82) is 0 Å². The van der Waals surface area contributed by atoms with E-state index in [0.717, 1.165) is 6.42 Å². The first-order valence-corrected chi connectivity index (χ1v) is 4.49. The van der Waals surface area contributed by atoms with Gasteiger partial charge in [-0.3, -0.25) is 0 Å². The number of aliphatic hydroxyl groups is 2. The van der Waals surface area contributed by atoms with Crippen molar-refractivity contribution in [2.45, 2.75) is 26.4 Å². The molecule has 0 bridgehead atoms. The van der Waals surface area contributed by atoms with E-state index >= 15 is 0 Å². The third kappa shape index (κ3) is 9.05. The molecular formula is C11H18O2. The van der Waals surface area contributed by atoms with Gasteiger partial charge in [-0.2, -0.15) is 0 Å². The van der Waals surface area contributed by atoms with Gasteiger partial charge in [0.05, 0.1) is 0 Å². The van der Waals surface area contributed by atoms with Crippen LogP contribution in [0, 0.1) is 0 Å². The minimum atomic E-state index is -0.167. The zero-order valence-electron chi connectivity index (χ0n) is 8.27. The molecular weight excluding hydrogens is 164 g/mol. The average molecular weight is 182 g/mol. The molecule has 2 nitrogen and oxygen atoms in total. The summed E-state index contributed by atoms with van der Waals surface area (Å²) in [4.78, 5) is 0. The van der Waals surface area contributed by atoms with Gasteiger partial charge >= 0.3 is 0 Å². The predicted octanol–water partition coefficient (Wildman–Crippen LogP) is 1.61. The fourth-order valence-corrected chi connectivity index (χ4v) is 0.774. The van der Waals surface area contributed by atoms with Crippen LogP contribution in [0.1, 0.15) is 19.4 Å². The van der Waals surface area contributed by atoms with Crippen LogP contribution >= 0.6 is 0 Å². The molecule has 0 saturated heterocycles. The van der Waals surface area contributed by atoms with Crippen LogP contribution in [-0.4, -0.2) is 22.9 Å². The Morgan fingerprint density at radius 1 is 1.15 bits per heavy atom. The standard InChI is InChI=1S/C8H10O.C3H8O/c9-7-6-8-4-2-1-3-5-8;1-3(2)4/h1-5,9H,6-7H2;3-4H,1-2H3. The average Bonchev–Trinajstić information content (AvgIpc) is 2.06. The molecule has 1 aromatic carbocycles. The normalized spacial score (nSPS) is 9.31. The van der Waals surface area contributed by atoms with Crippen LogP contribution in [0.25, 0.3) is 0 Å². The molecule has 74 valence electrons. The summed E-state index contributed by atoms with van der Waals surface area (Å²) < 4.78 is 0. The van der Waals surface area contributed by atoms with E-state index in [4.69, 9.17) is 10.2 Å². The smallest absolute Gasteiger partial charge is 0.0483 e. The van der Waals surface area contributed by atoms with E-state index < -0.39 is 0 Å². The summed E-state index contributed by atoms with van der Waals surface area (Å²) in [7, 11) is 0. The van der Waals surface area contributed by atoms with Crippen LogP contribution in [0.15, 0.2) is 30.3 Å². The second-order valence-corrected chi connectivity index (χ2v) is 3.05. The minimum absolute atomic E-state index is 0.167. The fraction of sp³-hybridized carbons (Fsp3) is 0.455. The highest BCUT2D eigenvalue weighted by atomic mass is 16.3. The monoisotopic (exact) mass is 182 g/mol. The molecule has 2 N–H and O–H groups in total. The number of aliphatic hydroxyl groups excluding tert-OH is 2. The van der Waals surface area contributed by atoms with Crippen LogP contribution in [-0.2, 0) is 6.42 Å². The molecule has 0 aromatic heterocycles. The molecule has 0 spiro atoms. The molecule has 0 fully saturated rings. The number of hydrogen-bond donors (Lipinski definition) is 2. The molecule has 0 heterocycles. The molecule has 0 aliphatic carbocycles. The quantitative estimate of drug-likeness (QED) is 0.729. The van der Waals surface area contributed by atoms with E-state index in [1.165, 1.54) is 5.56 Å². The first-order chi connectivity index (χ1) is 6.16. The predicted molar refractivity (Wildman–Crippen MR) is 54.6 cm³/mol. The Bertz CT molecular complexity index is 192. The molecule has 2 heteroatoms. The van der Waals surface area contributed by atoms with Gasteiger partial charge in [-0.15, -0.1) is 0 Å². The van der Waals surface area contributed by atoms with Crippen molar-refractivity contribution in [2.24, 2.45) is 0 Å². The van der Waals surface area contributed by atoms with Crippen LogP contribution in [0.2, 0.25) is 0 Å². The van der Waals surface area contributed by atoms with E-state index in [2.05, 4.69) is 0 Å². The first-order valence-electron chi connectivity index (χ1n) is 4.49. The van der Waals surface area contributed by atoms with Crippen molar-refractivity contribution in [1.82, 2.24) is 0 Å². The van der Waals surface area contributed by atoms with Crippen molar-refractivity contribution >= 4 is 0 Å². The Kier molecular flexibility index (Phi) is 7.26. The zero-order chi connectivity index (χ0) is 10.1. The topological polar surface area (TPSA) is 40.5 Å². The number of rotatable bonds is 2. The molecule has 0 unspecified atom stereocenters. The summed E-state index contributed by atoms with van der Waals surface area (Å²) in [5, 5.41) is 16.6. The minimum Gasteiger partial charge on any atom is -0.396 e. The molecule has 0 atom stereocenters. The largest absolute Gasteiger partial charge is 0.396 e. The van der Waals surface area contributed by atoms with Crippen molar-refractivity contribution < 1.29 is 10.2 Å². The van der Waals surface area contributed by atoms with E-state index in [0.29, 0.717) is 0 Å². The summed E-state index contributed by atoms with van der Waals surface area (Å²) in [5.41, 5.74) is 1.19. The molecule has 1 aromatic rings. The summed E-state index contributed by atoms with van der Waals surface area (Å²) in [5.74, 6) is 0. The Hall–Kier alpha value is -0.860. The third-order valence-corrected chi connectivity index (χ3v) is 1.24. The maximum atomic E-state index is 8.52. The molecule has 0 aliphatic rings. The lowest BCUT2D eigenvalue weighted by Crippen LogP contribution is -1.88. The molecule has 0 aliphatic heterocycles. The number of hydrogen-bond acceptors (Lipinski definition) is 2. The maximum Gasteiger partial charge on any atom is 0.0483 e. The van der Waals surface area contributed by atoms with Gasteiger partial charge in [0.15, 0.2) is 0 Å². The second-order valence-electron chi connectivity index (χ2n) is 3.05. The maximum absolute atomic E-state index is 8.52. The molecule has 0 amide bonds. The molecule has 0 radical (unpaired) electrons. The van der Waals surface area contributed by atoms with E-state index in [1.54, 1.807) is 13.8 Å². The fourth-order valence-electron chi connectivity index (χ4n) is 0.774. The van der Waals surface area contributed by atoms with Crippen molar-refractivity contribution in [3.63, 3.8) is 0 Å². The van der Waals surface area contributed by atoms with Gasteiger partial charge < -0.3 is 10.2 Å². The van der Waals surface area contributed by atoms with Gasteiger partial charge in [-0.05, 0) is 25.8 Å². The lowest BCUT2D eigenvalue weighted by atomic mass is 10.2. The van der Waals surface area contributed by atoms with Crippen LogP contribution in [0.3, 0.4) is 0 Å². The third-order valence-electron chi connectivity index (χ3n) is 1.24. The number of benzene rings is 1. The van der Waals surface area contributed by atoms with Gasteiger partial charge in [0.1, 0.15) is 0 Å². The van der Waals surface area contributed by atoms with Gasteiger partial charge in [-0.25, -0.2) is 0 Å². The lowest BCUT2D eigenvalue weighted by Gasteiger charge is -1.93. The molecule has 1 rings (SSSR count). The Morgan fingerprint density at radius 2 is 1.62 bits per heavy atom. The lowest BCUT2D eigenvalue weighted by molar-refractivity contribution is 0.216. The first kappa shape index (κ1) is 12.1. The van der Waals surface area contributed by atoms with Crippen LogP contribution in [0.4, 0.5) is 0 Å². The van der Waals surface area contributed by atoms with Crippen LogP contribution in [0.5, 0.6) is 0 Å². The van der Waals surface area contributed by atoms with Gasteiger partial charge in [0.25, 0.3) is 0 Å². The highest BCUT2D eigenvalue weighted by molar-refractivity contribution is 5.14. The van der Waals surface area contributed by atoms with Gasteiger partial charge in [0, 0.05) is 12.7 Å². The summed E-state index contributed by atoms with van der Waals surface area (Å²) >= 11 is 0. The molecule has 13 heavy (non-hydrogen) atoms. The van der Waals surface area contributed by atoms with Crippen LogP contribution < -0.4 is 0 Å². The molecule has 0 saturated carbocycles. The zero-order valence-corrected chi connectivity index (χ0v) is 8.27. The van der Waals surface area contributed by atoms with Gasteiger partial charge in [0.2, 0.25) is 0 Å². The summed E-state index contributed by atoms with van der Waals surface area (Å²) in [6, 6.07) is 9.95. The summed E-state index contributed by atoms with van der Waals surface area (Å²) in [6.45, 7) is 3.68. The van der Waals surface area contributed by atoms with Gasteiger partial charge in [-0.1, -0.05) is 30.3 Å². The Balaban J connectivity index is 0.000000310. The Labute approximate surface area is 79.9 Å². The summed E-state index contributed by atoms with van der Waals surface area (Å²) in [6.07, 6.45) is 0.598. The van der Waals surface area contributed by atoms with Crippen molar-refractivity contribution in [3.8, 4) is 0 Å². The SMILES string of the molecule is CC(C)O.OCCc1ccccc1. The Morgan fingerprint density at radius 3 is 2.00 bits per heavy atom. The van der Waals surface area contributed by atoms with E-state index in [9.17, 15) is 0 Å². The van der Waals surface area contributed by atoms with Crippen molar-refractivity contribution in [2.75, 3.05) is 6.61 Å². The van der Waals surface area contributed by atoms with E-state index in [-0.39, 0.29) is 12.7 Å². The highest BCUT2D eigenvalue weighted by Crippen LogP contribution is 1.97.